The Morgan fingerprint density at radius 1 is 0.647 bits per heavy atom. The van der Waals surface area contributed by atoms with Gasteiger partial charge in [0.2, 0.25) is 0 Å². The van der Waals surface area contributed by atoms with E-state index < -0.39 is 0 Å². The van der Waals surface area contributed by atoms with Gasteiger partial charge in [0.1, 0.15) is 0 Å². The van der Waals surface area contributed by atoms with E-state index in [1.54, 1.807) is 0 Å². The molecule has 1 nitrogen and oxygen atoms in total. The zero-order chi connectivity index (χ0) is 12.8. The number of hydrogen-bond donors (Lipinski definition) is 1. The minimum atomic E-state index is 0.382. The molecule has 0 aromatic heterocycles. The Morgan fingerprint density at radius 3 is 1.71 bits per heavy atom. The summed E-state index contributed by atoms with van der Waals surface area (Å²) in [7, 11) is 0. The van der Waals surface area contributed by atoms with Gasteiger partial charge in [-0.25, -0.2) is 0 Å². The molecule has 0 aromatic rings. The molecule has 0 aliphatic heterocycles. The molecule has 0 heterocycles. The monoisotopic (exact) mass is 242 g/mol. The normalized spacial score (nSPS) is 12.9. The van der Waals surface area contributed by atoms with Crippen LogP contribution in [0.2, 0.25) is 0 Å². The fourth-order valence-corrected chi connectivity index (χ4v) is 2.51. The van der Waals surface area contributed by atoms with E-state index in [9.17, 15) is 0 Å². The summed E-state index contributed by atoms with van der Waals surface area (Å²) in [4.78, 5) is 0. The van der Waals surface area contributed by atoms with Gasteiger partial charge < -0.3 is 5.11 Å². The van der Waals surface area contributed by atoms with Crippen molar-refractivity contribution in [2.24, 2.45) is 5.92 Å². The van der Waals surface area contributed by atoms with Crippen LogP contribution in [0.1, 0.15) is 90.9 Å². The van der Waals surface area contributed by atoms with Crippen molar-refractivity contribution in [3.05, 3.63) is 0 Å². The predicted molar refractivity (Wildman–Crippen MR) is 77.3 cm³/mol. The Hall–Kier alpha value is -0.0400. The molecular formula is C16H34O. The van der Waals surface area contributed by atoms with E-state index in [1.165, 1.54) is 70.6 Å². The molecular weight excluding hydrogens is 208 g/mol. The van der Waals surface area contributed by atoms with Crippen LogP contribution < -0.4 is 0 Å². The number of rotatable bonds is 13. The molecule has 1 N–H and O–H groups in total. The first-order valence-electron chi connectivity index (χ1n) is 7.96. The van der Waals surface area contributed by atoms with Crippen molar-refractivity contribution in [3.8, 4) is 0 Å². The maximum Gasteiger partial charge on any atom is 0.0433 e. The fraction of sp³-hybridized carbons (Fsp3) is 1.00. The highest BCUT2D eigenvalue weighted by atomic mass is 16.3. The van der Waals surface area contributed by atoms with Crippen LogP contribution in [0.25, 0.3) is 0 Å². The molecule has 0 spiro atoms. The lowest BCUT2D eigenvalue weighted by Crippen LogP contribution is -2.03. The van der Waals surface area contributed by atoms with Crippen LogP contribution in [0.3, 0.4) is 0 Å². The van der Waals surface area contributed by atoms with Crippen molar-refractivity contribution in [1.29, 1.82) is 0 Å². The summed E-state index contributed by atoms with van der Waals surface area (Å²) < 4.78 is 0. The van der Waals surface area contributed by atoms with Crippen molar-refractivity contribution in [2.45, 2.75) is 90.9 Å². The number of aliphatic hydroxyl groups excluding tert-OH is 1. The minimum Gasteiger partial charge on any atom is -0.396 e. The van der Waals surface area contributed by atoms with Crippen molar-refractivity contribution in [1.82, 2.24) is 0 Å². The predicted octanol–water partition coefficient (Wildman–Crippen LogP) is 5.32. The second kappa shape index (κ2) is 14.0. The van der Waals surface area contributed by atoms with Crippen LogP contribution in [0.15, 0.2) is 0 Å². The van der Waals surface area contributed by atoms with E-state index >= 15 is 0 Å². The van der Waals surface area contributed by atoms with E-state index in [0.29, 0.717) is 6.61 Å². The third-order valence-electron chi connectivity index (χ3n) is 3.72. The summed E-state index contributed by atoms with van der Waals surface area (Å²) >= 11 is 0. The minimum absolute atomic E-state index is 0.382. The zero-order valence-electron chi connectivity index (χ0n) is 12.2. The molecule has 17 heavy (non-hydrogen) atoms. The van der Waals surface area contributed by atoms with Crippen LogP contribution in [0.4, 0.5) is 0 Å². The fourth-order valence-electron chi connectivity index (χ4n) is 2.51. The number of aliphatic hydroxyl groups is 1. The summed E-state index contributed by atoms with van der Waals surface area (Å²) in [5, 5.41) is 9.07. The van der Waals surface area contributed by atoms with Gasteiger partial charge in [-0.2, -0.15) is 0 Å². The van der Waals surface area contributed by atoms with Gasteiger partial charge in [0.25, 0.3) is 0 Å². The second-order valence-electron chi connectivity index (χ2n) is 5.43. The summed E-state index contributed by atoms with van der Waals surface area (Å²) in [6.45, 7) is 4.91. The SMILES string of the molecule is CCCCCCCCC(CCO)CCCCC. The van der Waals surface area contributed by atoms with Crippen LogP contribution in [0.5, 0.6) is 0 Å². The maximum atomic E-state index is 9.07. The molecule has 0 aromatic carbocycles. The number of hydrogen-bond acceptors (Lipinski definition) is 1. The van der Waals surface area contributed by atoms with Crippen molar-refractivity contribution >= 4 is 0 Å². The summed E-state index contributed by atoms with van der Waals surface area (Å²) in [6, 6.07) is 0. The average molecular weight is 242 g/mol. The molecule has 0 fully saturated rings. The van der Waals surface area contributed by atoms with Gasteiger partial charge in [-0.1, -0.05) is 84.5 Å². The molecule has 0 bridgehead atoms. The standard InChI is InChI=1S/C16H34O/c1-3-5-7-8-9-11-13-16(14-15-17)12-10-6-4-2/h16-17H,3-15H2,1-2H3. The largest absolute Gasteiger partial charge is 0.396 e. The van der Waals surface area contributed by atoms with E-state index in [-0.39, 0.29) is 0 Å². The van der Waals surface area contributed by atoms with E-state index in [2.05, 4.69) is 13.8 Å². The van der Waals surface area contributed by atoms with Gasteiger partial charge in [-0.3, -0.25) is 0 Å². The first kappa shape index (κ1) is 17.0. The Bertz CT molecular complexity index is 133. The summed E-state index contributed by atoms with van der Waals surface area (Å²) in [5.41, 5.74) is 0. The maximum absolute atomic E-state index is 9.07. The smallest absolute Gasteiger partial charge is 0.0433 e. The van der Waals surface area contributed by atoms with Crippen LogP contribution in [0, 0.1) is 5.92 Å². The topological polar surface area (TPSA) is 20.2 Å². The highest BCUT2D eigenvalue weighted by Gasteiger charge is 2.07. The van der Waals surface area contributed by atoms with Gasteiger partial charge >= 0.3 is 0 Å². The Labute approximate surface area is 109 Å². The molecule has 0 aliphatic carbocycles. The molecule has 1 heteroatoms. The molecule has 1 unspecified atom stereocenters. The van der Waals surface area contributed by atoms with Crippen molar-refractivity contribution in [2.75, 3.05) is 6.61 Å². The molecule has 0 saturated carbocycles. The Morgan fingerprint density at radius 2 is 1.12 bits per heavy atom. The molecule has 0 aliphatic rings. The first-order chi connectivity index (χ1) is 8.35. The Balaban J connectivity index is 3.41. The Kier molecular flexibility index (Phi) is 14.0. The molecule has 1 atom stereocenters. The quantitative estimate of drug-likeness (QED) is 0.434. The van der Waals surface area contributed by atoms with Crippen LogP contribution in [-0.4, -0.2) is 11.7 Å². The summed E-state index contributed by atoms with van der Waals surface area (Å²) in [6.07, 6.45) is 16.1. The van der Waals surface area contributed by atoms with E-state index in [0.717, 1.165) is 12.3 Å². The molecule has 104 valence electrons. The second-order valence-corrected chi connectivity index (χ2v) is 5.43. The highest BCUT2D eigenvalue weighted by molar-refractivity contribution is 4.60. The van der Waals surface area contributed by atoms with Gasteiger partial charge in [-0.15, -0.1) is 0 Å². The molecule has 0 radical (unpaired) electrons. The van der Waals surface area contributed by atoms with Gasteiger partial charge in [0.15, 0.2) is 0 Å². The average Bonchev–Trinajstić information content (AvgIpc) is 2.34. The van der Waals surface area contributed by atoms with E-state index in [4.69, 9.17) is 5.11 Å². The van der Waals surface area contributed by atoms with Gasteiger partial charge in [0, 0.05) is 6.61 Å². The highest BCUT2D eigenvalue weighted by Crippen LogP contribution is 2.21. The van der Waals surface area contributed by atoms with Gasteiger partial charge in [0.05, 0.1) is 0 Å². The van der Waals surface area contributed by atoms with Crippen molar-refractivity contribution in [3.63, 3.8) is 0 Å². The lowest BCUT2D eigenvalue weighted by atomic mass is 9.92. The first-order valence-corrected chi connectivity index (χ1v) is 7.96. The van der Waals surface area contributed by atoms with Crippen LogP contribution >= 0.6 is 0 Å². The third kappa shape index (κ3) is 12.2. The molecule has 0 rings (SSSR count). The zero-order valence-corrected chi connectivity index (χ0v) is 12.2. The third-order valence-corrected chi connectivity index (χ3v) is 3.72. The lowest BCUT2D eigenvalue weighted by Gasteiger charge is -2.15. The molecule has 0 saturated heterocycles. The van der Waals surface area contributed by atoms with Crippen molar-refractivity contribution < 1.29 is 5.11 Å². The molecule has 0 amide bonds. The summed E-state index contributed by atoms with van der Waals surface area (Å²) in [5.74, 6) is 0.790. The lowest BCUT2D eigenvalue weighted by molar-refractivity contribution is 0.241. The van der Waals surface area contributed by atoms with Gasteiger partial charge in [-0.05, 0) is 12.3 Å². The number of unbranched alkanes of at least 4 members (excludes halogenated alkanes) is 7. The van der Waals surface area contributed by atoms with E-state index in [1.807, 2.05) is 0 Å². The van der Waals surface area contributed by atoms with Crippen LogP contribution in [-0.2, 0) is 0 Å².